The monoisotopic (exact) mass is 378 g/mol. The smallest absolute Gasteiger partial charge is 0.408 e. The second-order valence-electron chi connectivity index (χ2n) is 6.55. The minimum Gasteiger partial charge on any atom is -0.444 e. The van der Waals surface area contributed by atoms with Crippen molar-refractivity contribution in [2.24, 2.45) is 5.73 Å². The number of ether oxygens (including phenoxy) is 1. The molecule has 9 heteroatoms. The fraction of sp³-hybridized carbons (Fsp3) is 0.412. The second kappa shape index (κ2) is 8.70. The summed E-state index contributed by atoms with van der Waals surface area (Å²) in [5.74, 6) is -0.223. The first kappa shape index (κ1) is 19.8. The van der Waals surface area contributed by atoms with E-state index in [2.05, 4.69) is 15.5 Å². The van der Waals surface area contributed by atoms with Gasteiger partial charge in [-0.1, -0.05) is 42.1 Å². The van der Waals surface area contributed by atoms with Crippen molar-refractivity contribution in [2.45, 2.75) is 44.1 Å². The number of carbonyl (C=O) groups is 2. The van der Waals surface area contributed by atoms with Crippen molar-refractivity contribution in [1.29, 1.82) is 0 Å². The molecule has 0 spiro atoms. The first-order valence-corrected chi connectivity index (χ1v) is 8.99. The first-order valence-electron chi connectivity index (χ1n) is 8.01. The zero-order valence-electron chi connectivity index (χ0n) is 14.9. The molecule has 1 aromatic heterocycles. The number of nitrogens with zero attached hydrogens (tertiary/aromatic N) is 2. The van der Waals surface area contributed by atoms with Crippen molar-refractivity contribution in [2.75, 3.05) is 5.75 Å². The van der Waals surface area contributed by atoms with E-state index in [0.29, 0.717) is 6.42 Å². The van der Waals surface area contributed by atoms with E-state index < -0.39 is 23.6 Å². The summed E-state index contributed by atoms with van der Waals surface area (Å²) in [6, 6.07) is 9.02. The zero-order chi connectivity index (χ0) is 19.2. The lowest BCUT2D eigenvalue weighted by atomic mass is 10.1. The van der Waals surface area contributed by atoms with Gasteiger partial charge in [-0.3, -0.25) is 4.79 Å². The van der Waals surface area contributed by atoms with Crippen LogP contribution in [0, 0.1) is 0 Å². The third kappa shape index (κ3) is 6.75. The number of amides is 2. The number of nitrogens with one attached hydrogen (secondary N) is 1. The molecular formula is C17H22N4O4S. The van der Waals surface area contributed by atoms with Crippen molar-refractivity contribution in [3.05, 3.63) is 41.8 Å². The molecule has 0 unspecified atom stereocenters. The van der Waals surface area contributed by atoms with E-state index in [4.69, 9.17) is 14.9 Å². The Balaban J connectivity index is 2.14. The zero-order valence-corrected chi connectivity index (χ0v) is 15.7. The molecule has 2 rings (SSSR count). The van der Waals surface area contributed by atoms with E-state index in [0.717, 1.165) is 17.3 Å². The summed E-state index contributed by atoms with van der Waals surface area (Å²) < 4.78 is 10.9. The minimum absolute atomic E-state index is 0.0322. The fourth-order valence-electron chi connectivity index (χ4n) is 2.05. The number of alkyl carbamates (subject to hydrolysis) is 1. The van der Waals surface area contributed by atoms with E-state index in [9.17, 15) is 9.59 Å². The van der Waals surface area contributed by atoms with Crippen LogP contribution >= 0.6 is 11.8 Å². The maximum absolute atomic E-state index is 12.2. The Morgan fingerprint density at radius 3 is 2.58 bits per heavy atom. The molecule has 0 fully saturated rings. The van der Waals surface area contributed by atoms with Gasteiger partial charge < -0.3 is 20.2 Å². The number of hydrogen-bond donors (Lipinski definition) is 2. The number of thioether (sulfide) groups is 1. The molecule has 26 heavy (non-hydrogen) atoms. The molecule has 140 valence electrons. The molecule has 0 aliphatic heterocycles. The highest BCUT2D eigenvalue weighted by molar-refractivity contribution is 7.99. The molecule has 1 aromatic carbocycles. The Morgan fingerprint density at radius 2 is 1.96 bits per heavy atom. The van der Waals surface area contributed by atoms with Gasteiger partial charge in [0, 0.05) is 6.42 Å². The van der Waals surface area contributed by atoms with Gasteiger partial charge >= 0.3 is 6.09 Å². The van der Waals surface area contributed by atoms with Crippen LogP contribution in [0.15, 0.2) is 40.0 Å². The number of hydrogen-bond acceptors (Lipinski definition) is 7. The van der Waals surface area contributed by atoms with Crippen LogP contribution < -0.4 is 11.1 Å². The molecule has 2 amide bonds. The van der Waals surface area contributed by atoms with Gasteiger partial charge in [-0.05, 0) is 26.3 Å². The highest BCUT2D eigenvalue weighted by Gasteiger charge is 2.25. The van der Waals surface area contributed by atoms with Crippen LogP contribution in [0.4, 0.5) is 4.79 Å². The predicted molar refractivity (Wildman–Crippen MR) is 96.5 cm³/mol. The Labute approximate surface area is 155 Å². The SMILES string of the molecule is CC(C)(C)OC(=O)N[C@@H](Cc1ccccc1)c1nnc(SCC(N)=O)o1. The topological polar surface area (TPSA) is 120 Å². The molecule has 2 aromatic rings. The van der Waals surface area contributed by atoms with Gasteiger partial charge in [0.15, 0.2) is 0 Å². The highest BCUT2D eigenvalue weighted by Crippen LogP contribution is 2.22. The molecule has 1 heterocycles. The summed E-state index contributed by atoms with van der Waals surface area (Å²) in [5, 5.41) is 10.8. The van der Waals surface area contributed by atoms with E-state index in [1.54, 1.807) is 20.8 Å². The molecule has 0 aliphatic carbocycles. The van der Waals surface area contributed by atoms with Gasteiger partial charge in [0.2, 0.25) is 11.8 Å². The molecule has 3 N–H and O–H groups in total. The van der Waals surface area contributed by atoms with Gasteiger partial charge in [0.05, 0.1) is 5.75 Å². The van der Waals surface area contributed by atoms with Crippen molar-refractivity contribution >= 4 is 23.8 Å². The van der Waals surface area contributed by atoms with Crippen molar-refractivity contribution in [1.82, 2.24) is 15.5 Å². The number of rotatable bonds is 7. The van der Waals surface area contributed by atoms with Crippen LogP contribution in [0.5, 0.6) is 0 Å². The average molecular weight is 378 g/mol. The molecule has 1 atom stereocenters. The quantitative estimate of drug-likeness (QED) is 0.710. The lowest BCUT2D eigenvalue weighted by Crippen LogP contribution is -2.36. The van der Waals surface area contributed by atoms with Crippen LogP contribution in [0.1, 0.15) is 38.3 Å². The van der Waals surface area contributed by atoms with Crippen molar-refractivity contribution in [3.8, 4) is 0 Å². The van der Waals surface area contributed by atoms with Crippen LogP contribution in [0.2, 0.25) is 0 Å². The summed E-state index contributed by atoms with van der Waals surface area (Å²) >= 11 is 1.04. The van der Waals surface area contributed by atoms with Gasteiger partial charge in [-0.2, -0.15) is 0 Å². The van der Waals surface area contributed by atoms with Crippen molar-refractivity contribution in [3.63, 3.8) is 0 Å². The van der Waals surface area contributed by atoms with E-state index in [-0.39, 0.29) is 16.9 Å². The molecule has 0 aliphatic rings. The Bertz CT molecular complexity index is 743. The minimum atomic E-state index is -0.626. The Kier molecular flexibility index (Phi) is 6.62. The average Bonchev–Trinajstić information content (AvgIpc) is 3.00. The summed E-state index contributed by atoms with van der Waals surface area (Å²) in [6.45, 7) is 5.35. The Morgan fingerprint density at radius 1 is 1.27 bits per heavy atom. The maximum atomic E-state index is 12.2. The van der Waals surface area contributed by atoms with Crippen LogP contribution in [-0.2, 0) is 16.0 Å². The van der Waals surface area contributed by atoms with E-state index >= 15 is 0 Å². The third-order valence-corrected chi connectivity index (χ3v) is 3.87. The number of nitrogens with two attached hydrogens (primary N) is 1. The van der Waals surface area contributed by atoms with E-state index in [1.807, 2.05) is 30.3 Å². The molecule has 0 saturated carbocycles. The summed E-state index contributed by atoms with van der Waals surface area (Å²) in [7, 11) is 0. The summed E-state index contributed by atoms with van der Waals surface area (Å²) in [6.07, 6.45) is -0.134. The molecule has 0 bridgehead atoms. The number of primary amides is 1. The summed E-state index contributed by atoms with van der Waals surface area (Å²) in [4.78, 5) is 23.0. The van der Waals surface area contributed by atoms with Gasteiger partial charge in [0.25, 0.3) is 5.22 Å². The van der Waals surface area contributed by atoms with Gasteiger partial charge in [-0.25, -0.2) is 4.79 Å². The first-order chi connectivity index (χ1) is 12.2. The second-order valence-corrected chi connectivity index (χ2v) is 7.48. The van der Waals surface area contributed by atoms with Crippen LogP contribution in [0.3, 0.4) is 0 Å². The largest absolute Gasteiger partial charge is 0.444 e. The van der Waals surface area contributed by atoms with Crippen LogP contribution in [-0.4, -0.2) is 33.6 Å². The standard InChI is InChI=1S/C17H22N4O4S/c1-17(2,3)25-15(23)19-12(9-11-7-5-4-6-8-11)14-20-21-16(24-14)26-10-13(18)22/h4-8,12H,9-10H2,1-3H3,(H2,18,22)(H,19,23)/t12-/m0/s1. The predicted octanol–water partition coefficient (Wildman–Crippen LogP) is 2.46. The normalized spacial score (nSPS) is 12.4. The summed E-state index contributed by atoms with van der Waals surface area (Å²) in [5.41, 5.74) is 5.47. The Hall–Kier alpha value is -2.55. The van der Waals surface area contributed by atoms with Crippen LogP contribution in [0.25, 0.3) is 0 Å². The van der Waals surface area contributed by atoms with Gasteiger partial charge in [0.1, 0.15) is 11.6 Å². The van der Waals surface area contributed by atoms with E-state index in [1.165, 1.54) is 0 Å². The fourth-order valence-corrected chi connectivity index (χ4v) is 2.56. The molecule has 0 radical (unpaired) electrons. The van der Waals surface area contributed by atoms with Gasteiger partial charge in [-0.15, -0.1) is 10.2 Å². The molecule has 8 nitrogen and oxygen atoms in total. The number of aromatic nitrogens is 2. The lowest BCUT2D eigenvalue weighted by molar-refractivity contribution is -0.115. The molecule has 0 saturated heterocycles. The third-order valence-electron chi connectivity index (χ3n) is 3.03. The van der Waals surface area contributed by atoms with Crippen molar-refractivity contribution < 1.29 is 18.7 Å². The maximum Gasteiger partial charge on any atom is 0.408 e. The lowest BCUT2D eigenvalue weighted by Gasteiger charge is -2.22. The number of carbonyl (C=O) groups excluding carboxylic acids is 2. The molecular weight excluding hydrogens is 356 g/mol. The highest BCUT2D eigenvalue weighted by atomic mass is 32.2. The number of benzene rings is 1.